The second-order valence-corrected chi connectivity index (χ2v) is 6.20. The van der Waals surface area contributed by atoms with Crippen molar-refractivity contribution in [1.29, 1.82) is 0 Å². The first kappa shape index (κ1) is 15.0. The number of nitrogens with one attached hydrogen (secondary N) is 1. The lowest BCUT2D eigenvalue weighted by molar-refractivity contribution is 0.0919. The van der Waals surface area contributed by atoms with Crippen LogP contribution in [0.3, 0.4) is 0 Å². The summed E-state index contributed by atoms with van der Waals surface area (Å²) in [5.41, 5.74) is 3.32. The molecule has 1 aromatic heterocycles. The van der Waals surface area contributed by atoms with Crippen LogP contribution in [-0.2, 0) is 0 Å². The number of nitrogens with zero attached hydrogens (tertiary/aromatic N) is 1. The van der Waals surface area contributed by atoms with E-state index in [-0.39, 0.29) is 12.5 Å². The van der Waals surface area contributed by atoms with Crippen LogP contribution in [0.5, 0.6) is 5.75 Å². The third-order valence-electron chi connectivity index (χ3n) is 3.70. The fourth-order valence-electron chi connectivity index (χ4n) is 2.31. The minimum Gasteiger partial charge on any atom is -0.497 e. The zero-order valence-electron chi connectivity index (χ0n) is 12.3. The predicted octanol–water partition coefficient (Wildman–Crippen LogP) is 2.49. The molecule has 1 aromatic carbocycles. The van der Waals surface area contributed by atoms with E-state index in [9.17, 15) is 9.90 Å². The maximum atomic E-state index is 12.2. The molecule has 1 fully saturated rings. The molecule has 1 amide bonds. The lowest BCUT2D eigenvalue weighted by atomic mass is 10.1. The van der Waals surface area contributed by atoms with E-state index in [0.717, 1.165) is 18.5 Å². The molecule has 1 saturated carbocycles. The Labute approximate surface area is 133 Å². The monoisotopic (exact) mass is 318 g/mol. The van der Waals surface area contributed by atoms with Crippen molar-refractivity contribution in [2.75, 3.05) is 13.7 Å². The Bertz CT molecular complexity index is 667. The summed E-state index contributed by atoms with van der Waals surface area (Å²) in [5, 5.41) is 13.0. The molecule has 2 aromatic rings. The molecule has 5 nitrogen and oxygen atoms in total. The van der Waals surface area contributed by atoms with Crippen LogP contribution in [0.2, 0.25) is 0 Å². The molecule has 1 unspecified atom stereocenters. The lowest BCUT2D eigenvalue weighted by Crippen LogP contribution is -2.28. The second-order valence-electron chi connectivity index (χ2n) is 5.34. The van der Waals surface area contributed by atoms with Gasteiger partial charge in [-0.25, -0.2) is 4.98 Å². The number of carbonyl (C=O) groups excluding carboxylic acids is 1. The first-order valence-electron chi connectivity index (χ1n) is 7.22. The van der Waals surface area contributed by atoms with Crippen molar-refractivity contribution < 1.29 is 14.6 Å². The molecular formula is C16H18N2O3S. The fraction of sp³-hybridized carbons (Fsp3) is 0.375. The molecule has 0 aliphatic heterocycles. The second kappa shape index (κ2) is 6.46. The van der Waals surface area contributed by atoms with Gasteiger partial charge in [-0.2, -0.15) is 0 Å². The molecule has 0 spiro atoms. The van der Waals surface area contributed by atoms with Gasteiger partial charge in [0.05, 0.1) is 24.4 Å². The number of aliphatic hydroxyl groups is 1. The molecule has 22 heavy (non-hydrogen) atoms. The SMILES string of the molecule is COc1cccc(C(O)CNC(=O)c2scnc2C2CC2)c1. The van der Waals surface area contributed by atoms with Gasteiger partial charge in [0.1, 0.15) is 10.6 Å². The third kappa shape index (κ3) is 3.28. The van der Waals surface area contributed by atoms with Crippen LogP contribution in [0.15, 0.2) is 29.8 Å². The van der Waals surface area contributed by atoms with Crippen LogP contribution in [0.25, 0.3) is 0 Å². The molecule has 116 valence electrons. The van der Waals surface area contributed by atoms with Crippen LogP contribution in [0.4, 0.5) is 0 Å². The molecule has 3 rings (SSSR count). The summed E-state index contributed by atoms with van der Waals surface area (Å²) >= 11 is 1.35. The van der Waals surface area contributed by atoms with Crippen molar-refractivity contribution in [3.63, 3.8) is 0 Å². The quantitative estimate of drug-likeness (QED) is 0.858. The van der Waals surface area contributed by atoms with Crippen LogP contribution >= 0.6 is 11.3 Å². The molecule has 1 heterocycles. The van der Waals surface area contributed by atoms with Crippen molar-refractivity contribution in [3.8, 4) is 5.75 Å². The first-order chi connectivity index (χ1) is 10.7. The van der Waals surface area contributed by atoms with E-state index >= 15 is 0 Å². The number of aliphatic hydroxyl groups excluding tert-OH is 1. The van der Waals surface area contributed by atoms with Gasteiger partial charge in [0.15, 0.2) is 0 Å². The molecular weight excluding hydrogens is 300 g/mol. The Balaban J connectivity index is 1.61. The number of benzene rings is 1. The highest BCUT2D eigenvalue weighted by Crippen LogP contribution is 2.41. The summed E-state index contributed by atoms with van der Waals surface area (Å²) in [6.45, 7) is 0.161. The van der Waals surface area contributed by atoms with Gasteiger partial charge in [-0.1, -0.05) is 12.1 Å². The van der Waals surface area contributed by atoms with Crippen molar-refractivity contribution in [3.05, 3.63) is 45.9 Å². The zero-order chi connectivity index (χ0) is 15.5. The molecule has 2 N–H and O–H groups in total. The number of ether oxygens (including phenoxy) is 1. The summed E-state index contributed by atoms with van der Waals surface area (Å²) in [4.78, 5) is 17.2. The molecule has 1 aliphatic rings. The molecule has 6 heteroatoms. The number of thiazole rings is 1. The Hall–Kier alpha value is -1.92. The van der Waals surface area contributed by atoms with E-state index in [4.69, 9.17) is 4.74 Å². The summed E-state index contributed by atoms with van der Waals surface area (Å²) < 4.78 is 5.13. The third-order valence-corrected chi connectivity index (χ3v) is 4.54. The van der Waals surface area contributed by atoms with Gasteiger partial charge in [0, 0.05) is 12.5 Å². The number of carbonyl (C=O) groups is 1. The van der Waals surface area contributed by atoms with Crippen LogP contribution in [0.1, 0.15) is 45.8 Å². The molecule has 0 radical (unpaired) electrons. The van der Waals surface area contributed by atoms with Gasteiger partial charge in [0.2, 0.25) is 0 Å². The number of hydrogen-bond acceptors (Lipinski definition) is 5. The molecule has 1 aliphatic carbocycles. The maximum absolute atomic E-state index is 12.2. The Morgan fingerprint density at radius 3 is 3.09 bits per heavy atom. The van der Waals surface area contributed by atoms with Gasteiger partial charge in [-0.05, 0) is 30.5 Å². The van der Waals surface area contributed by atoms with Crippen molar-refractivity contribution in [1.82, 2.24) is 10.3 Å². The predicted molar refractivity (Wildman–Crippen MR) is 84.4 cm³/mol. The van der Waals surface area contributed by atoms with E-state index < -0.39 is 6.10 Å². The van der Waals surface area contributed by atoms with Gasteiger partial charge in [-0.3, -0.25) is 4.79 Å². The number of rotatable bonds is 6. The Morgan fingerprint density at radius 1 is 1.55 bits per heavy atom. The minimum absolute atomic E-state index is 0.161. The van der Waals surface area contributed by atoms with Gasteiger partial charge < -0.3 is 15.2 Å². The van der Waals surface area contributed by atoms with Crippen molar-refractivity contribution in [2.45, 2.75) is 24.9 Å². The fourth-order valence-corrected chi connectivity index (χ4v) is 3.10. The number of aromatic nitrogens is 1. The normalized spacial score (nSPS) is 15.4. The molecule has 1 atom stereocenters. The first-order valence-corrected chi connectivity index (χ1v) is 8.10. The van der Waals surface area contributed by atoms with E-state index in [0.29, 0.717) is 22.1 Å². The Kier molecular flexibility index (Phi) is 4.40. The van der Waals surface area contributed by atoms with Gasteiger partial charge in [-0.15, -0.1) is 11.3 Å². The standard InChI is InChI=1S/C16H18N2O3S/c1-21-12-4-2-3-11(7-12)13(19)8-17-16(20)15-14(10-5-6-10)18-9-22-15/h2-4,7,9-10,13,19H,5-6,8H2,1H3,(H,17,20). The summed E-state index contributed by atoms with van der Waals surface area (Å²) in [6.07, 6.45) is 1.45. The van der Waals surface area contributed by atoms with Gasteiger partial charge >= 0.3 is 0 Å². The smallest absolute Gasteiger partial charge is 0.263 e. The average molecular weight is 318 g/mol. The van der Waals surface area contributed by atoms with E-state index in [2.05, 4.69) is 10.3 Å². The Morgan fingerprint density at radius 2 is 2.36 bits per heavy atom. The highest BCUT2D eigenvalue weighted by atomic mass is 32.1. The van der Waals surface area contributed by atoms with Crippen LogP contribution in [0, 0.1) is 0 Å². The van der Waals surface area contributed by atoms with E-state index in [1.54, 1.807) is 18.7 Å². The highest BCUT2D eigenvalue weighted by molar-refractivity contribution is 7.11. The summed E-state index contributed by atoms with van der Waals surface area (Å²) in [7, 11) is 1.58. The molecule has 0 bridgehead atoms. The van der Waals surface area contributed by atoms with Gasteiger partial charge in [0.25, 0.3) is 5.91 Å². The van der Waals surface area contributed by atoms with E-state index in [1.165, 1.54) is 11.3 Å². The number of hydrogen-bond donors (Lipinski definition) is 2. The number of methoxy groups -OCH3 is 1. The summed E-state index contributed by atoms with van der Waals surface area (Å²) in [5.74, 6) is 0.961. The van der Waals surface area contributed by atoms with Crippen molar-refractivity contribution >= 4 is 17.2 Å². The highest BCUT2D eigenvalue weighted by Gasteiger charge is 2.30. The average Bonchev–Trinajstić information content (AvgIpc) is 3.29. The number of amides is 1. The maximum Gasteiger partial charge on any atom is 0.263 e. The van der Waals surface area contributed by atoms with Crippen LogP contribution in [-0.4, -0.2) is 29.7 Å². The minimum atomic E-state index is -0.767. The zero-order valence-corrected chi connectivity index (χ0v) is 13.1. The molecule has 0 saturated heterocycles. The lowest BCUT2D eigenvalue weighted by Gasteiger charge is -2.13. The van der Waals surface area contributed by atoms with E-state index in [1.807, 2.05) is 18.2 Å². The van der Waals surface area contributed by atoms with Crippen LogP contribution < -0.4 is 10.1 Å². The largest absolute Gasteiger partial charge is 0.497 e. The topological polar surface area (TPSA) is 71.5 Å². The summed E-state index contributed by atoms with van der Waals surface area (Å²) in [6, 6.07) is 7.20. The van der Waals surface area contributed by atoms with Crippen molar-refractivity contribution in [2.24, 2.45) is 0 Å².